The average molecular weight is 1720 g/mol. The van der Waals surface area contributed by atoms with Crippen LogP contribution in [0.2, 0.25) is 0 Å². The van der Waals surface area contributed by atoms with E-state index in [4.69, 9.17) is 28.4 Å². The van der Waals surface area contributed by atoms with E-state index in [0.29, 0.717) is 69.7 Å². The minimum atomic E-state index is -1.19. The van der Waals surface area contributed by atoms with E-state index in [1.807, 2.05) is 164 Å². The Labute approximate surface area is 731 Å². The Morgan fingerprint density at radius 2 is 0.911 bits per heavy atom. The Bertz CT molecular complexity index is 4060. The maximum atomic E-state index is 15.4. The number of nitrogens with one attached hydrogen (secondary N) is 4. The zero-order valence-electron chi connectivity index (χ0n) is 77.7. The van der Waals surface area contributed by atoms with Crippen molar-refractivity contribution in [3.8, 4) is 11.5 Å². The van der Waals surface area contributed by atoms with Crippen molar-refractivity contribution < 1.29 is 91.1 Å². The van der Waals surface area contributed by atoms with Gasteiger partial charge < -0.3 is 84.0 Å². The third kappa shape index (κ3) is 27.7. The van der Waals surface area contributed by atoms with E-state index in [2.05, 4.69) is 21.3 Å². The normalized spacial score (nSPS) is 18.3. The summed E-state index contributed by atoms with van der Waals surface area (Å²) in [5.41, 5.74) is 4.00. The number of carbonyl (C=O) groups excluding carboxylic acids is 8. The number of hydrogen-bond donors (Lipinski definition) is 6. The van der Waals surface area contributed by atoms with Gasteiger partial charge in [0.25, 0.3) is 5.91 Å². The number of likely N-dealkylation sites (N-methyl/N-ethyl adjacent to an activating group) is 4. The second kappa shape index (κ2) is 48.4. The lowest BCUT2D eigenvalue weighted by Gasteiger charge is -2.42. The molecule has 0 saturated carbocycles. The molecule has 2 aliphatic rings. The van der Waals surface area contributed by atoms with Gasteiger partial charge in [-0.05, 0) is 109 Å². The summed E-state index contributed by atoms with van der Waals surface area (Å²) in [6.45, 7) is 28.3. The van der Waals surface area contributed by atoms with Crippen LogP contribution in [-0.2, 0) is 99.4 Å². The topological polar surface area (TPSA) is 331 Å². The molecule has 2 heterocycles. The summed E-state index contributed by atoms with van der Waals surface area (Å²) in [6.07, 6.45) is 0.407. The summed E-state index contributed by atoms with van der Waals surface area (Å²) in [5.74, 6) is -7.37. The van der Waals surface area contributed by atoms with E-state index in [-0.39, 0.29) is 108 Å². The first-order valence-corrected chi connectivity index (χ1v) is 44.0. The van der Waals surface area contributed by atoms with Crippen LogP contribution in [0.5, 0.6) is 11.5 Å². The zero-order valence-corrected chi connectivity index (χ0v) is 77.7. The molecule has 8 amide bonds. The maximum absolute atomic E-state index is 15.4. The predicted molar refractivity (Wildman–Crippen MR) is 474 cm³/mol. The Hall–Kier alpha value is -9.06. The first-order valence-electron chi connectivity index (χ1n) is 44.0. The van der Waals surface area contributed by atoms with Crippen LogP contribution >= 0.6 is 0 Å². The summed E-state index contributed by atoms with van der Waals surface area (Å²) in [4.78, 5) is 152. The van der Waals surface area contributed by atoms with E-state index in [1.54, 1.807) is 103 Å². The van der Waals surface area contributed by atoms with Gasteiger partial charge in [0.15, 0.2) is 6.04 Å². The van der Waals surface area contributed by atoms with Crippen molar-refractivity contribution >= 4 is 59.2 Å². The number of benzene rings is 4. The van der Waals surface area contributed by atoms with Crippen LogP contribution in [0.15, 0.2) is 103 Å². The summed E-state index contributed by atoms with van der Waals surface area (Å²) in [5, 5.41) is 32.1. The molecule has 18 atom stereocenters. The monoisotopic (exact) mass is 1720 g/mol. The first kappa shape index (κ1) is 103. The van der Waals surface area contributed by atoms with Crippen molar-refractivity contribution in [2.45, 2.75) is 266 Å². The highest BCUT2D eigenvalue weighted by molar-refractivity contribution is 5.92. The van der Waals surface area contributed by atoms with Crippen molar-refractivity contribution in [3.05, 3.63) is 131 Å². The highest BCUT2D eigenvalue weighted by atomic mass is 16.5. The van der Waals surface area contributed by atoms with Crippen LogP contribution in [0, 0.1) is 47.3 Å². The molecule has 28 nitrogen and oxygen atoms in total. The molecule has 2 aliphatic heterocycles. The molecule has 4 aromatic rings. The van der Waals surface area contributed by atoms with Crippen LogP contribution in [0.4, 0.5) is 0 Å². The number of carboxylic acid groups (broad SMARTS) is 2. The molecule has 0 spiro atoms. The minimum absolute atomic E-state index is 0.0805. The van der Waals surface area contributed by atoms with Crippen molar-refractivity contribution in [3.63, 3.8) is 0 Å². The van der Waals surface area contributed by atoms with Crippen LogP contribution in [0.25, 0.3) is 0 Å². The lowest BCUT2D eigenvalue weighted by molar-refractivity contribution is -0.922. The summed E-state index contributed by atoms with van der Waals surface area (Å²) < 4.78 is 36.7. The van der Waals surface area contributed by atoms with Crippen molar-refractivity contribution in [2.24, 2.45) is 47.3 Å². The van der Waals surface area contributed by atoms with Gasteiger partial charge in [0, 0.05) is 92.1 Å². The molecule has 4 aromatic carbocycles. The number of carboxylic acids is 2. The molecule has 6 N–H and O–H groups in total. The van der Waals surface area contributed by atoms with Crippen molar-refractivity contribution in [1.29, 1.82) is 0 Å². The van der Waals surface area contributed by atoms with E-state index in [0.717, 1.165) is 27.8 Å². The molecule has 0 radical (unpaired) electrons. The van der Waals surface area contributed by atoms with Crippen LogP contribution in [0.1, 0.15) is 176 Å². The molecular formula is C95H147N10O18+. The fourth-order valence-electron chi connectivity index (χ4n) is 18.5. The lowest BCUT2D eigenvalue weighted by atomic mass is 9.89. The minimum Gasteiger partial charge on any atom is -0.497 e. The fraction of sp³-hybridized carbons (Fsp3) is 0.642. The number of hydrogen-bond acceptors (Lipinski definition) is 17. The molecular weight excluding hydrogens is 1570 g/mol. The standard InChI is InChI=1S/C95H146N10O18/c1-25-61(11)83(76(119-21)52-78(106)103-47-33-39-73(103)86(121-23)63(13)88(108)96-71(94(114)115)50-65-35-29-27-30-36-65)101(16)92(112)80(57(3)4)98-90(110)82(59(7)8)100(15)54-69-49-68(43-46-75(69)123-56-67-41-44-70(118-20)45-42-67)55-105(18,19)85(60(9)10)91(111)99-81(58(5)6)93(113)102(17)84(62(12)26-2)77(120-22)53-79(107)104-48-34-40-74(104)87(122-24)64(14)89(109)97-72(95(116)117)51-66-37-31-28-32-38-66/h27-32,35-38,41-46,49,57-64,71-74,76-77,80-87H,25-26,33-34,39-40,47-48,50-56H2,1-24H3,(H5-,96,97,98,99,108,109,110,111,114,115,116,117)/p+1. The Morgan fingerprint density at radius 3 is 1.28 bits per heavy atom. The number of likely N-dealkylation sites (tertiary alicyclic amines) is 2. The molecule has 2 fully saturated rings. The van der Waals surface area contributed by atoms with E-state index in [9.17, 15) is 39.0 Å². The Kier molecular flexibility index (Phi) is 40.5. The average Bonchev–Trinajstić information content (AvgIpc) is 1.38. The zero-order chi connectivity index (χ0) is 91.6. The number of quaternary nitrogens is 1. The summed E-state index contributed by atoms with van der Waals surface area (Å²) >= 11 is 0. The van der Waals surface area contributed by atoms with Gasteiger partial charge in [0.2, 0.25) is 41.4 Å². The van der Waals surface area contributed by atoms with Crippen molar-refractivity contribution in [1.82, 2.24) is 45.8 Å². The van der Waals surface area contributed by atoms with Crippen LogP contribution in [-0.4, -0.2) is 267 Å². The molecule has 684 valence electrons. The number of rotatable bonds is 50. The van der Waals surface area contributed by atoms with E-state index >= 15 is 19.2 Å². The van der Waals surface area contributed by atoms with Gasteiger partial charge in [-0.25, -0.2) is 9.59 Å². The third-order valence-corrected chi connectivity index (χ3v) is 25.5. The Balaban J connectivity index is 1.20. The molecule has 0 aromatic heterocycles. The van der Waals surface area contributed by atoms with Gasteiger partial charge in [-0.1, -0.05) is 183 Å². The van der Waals surface area contributed by atoms with Gasteiger partial charge >= 0.3 is 11.9 Å². The number of amides is 8. The number of nitrogens with zero attached hydrogens (tertiary/aromatic N) is 6. The molecule has 2 saturated heterocycles. The Morgan fingerprint density at radius 1 is 0.496 bits per heavy atom. The SMILES string of the molecule is CCC(C)C(C(CC(=O)N1CCCC1C(OC)C(C)C(=O)NC(Cc1ccccc1)C(=O)O)OC)N(C)C(=O)C(NC(=O)C(C(C)C)N(C)Cc1cc(C[N+](C)(C)C(C(=O)NC(C(=O)N(C)C(C(C)CC)C(CC(=O)N2CCCC2C(OC)C(C)C(=O)NC(Cc2ccccc2)C(=O)O)OC)C(C)C)C(C)C)ccc1OCc1ccc(OC)cc1)C(C)C. The van der Waals surface area contributed by atoms with Crippen LogP contribution < -0.4 is 30.7 Å². The molecule has 28 heteroatoms. The van der Waals surface area contributed by atoms with Gasteiger partial charge in [-0.3, -0.25) is 43.3 Å². The second-order valence-electron chi connectivity index (χ2n) is 36.1. The highest BCUT2D eigenvalue weighted by Crippen LogP contribution is 2.35. The first-order chi connectivity index (χ1) is 58.1. The molecule has 0 aliphatic carbocycles. The third-order valence-electron chi connectivity index (χ3n) is 25.5. The molecule has 18 unspecified atom stereocenters. The van der Waals surface area contributed by atoms with Gasteiger partial charge in [0.05, 0.1) is 101 Å². The van der Waals surface area contributed by atoms with Crippen LogP contribution in [0.3, 0.4) is 0 Å². The lowest BCUT2D eigenvalue weighted by Crippen LogP contribution is -2.63. The van der Waals surface area contributed by atoms with Gasteiger partial charge in [-0.2, -0.15) is 0 Å². The summed E-state index contributed by atoms with van der Waals surface area (Å²) in [7, 11) is 16.9. The van der Waals surface area contributed by atoms with E-state index in [1.165, 1.54) is 28.4 Å². The second-order valence-corrected chi connectivity index (χ2v) is 36.1. The molecule has 0 bridgehead atoms. The number of methoxy groups -OCH3 is 5. The number of ether oxygens (including phenoxy) is 6. The largest absolute Gasteiger partial charge is 0.497 e. The molecule has 6 rings (SSSR count). The highest BCUT2D eigenvalue weighted by Gasteiger charge is 2.48. The van der Waals surface area contributed by atoms with E-state index < -0.39 is 126 Å². The fourth-order valence-corrected chi connectivity index (χ4v) is 18.5. The van der Waals surface area contributed by atoms with Gasteiger partial charge in [0.1, 0.15) is 48.8 Å². The molecule has 123 heavy (non-hydrogen) atoms. The quantitative estimate of drug-likeness (QED) is 0.0224. The van der Waals surface area contributed by atoms with Crippen molar-refractivity contribution in [2.75, 3.05) is 83.9 Å². The maximum Gasteiger partial charge on any atom is 0.326 e. The predicted octanol–water partition coefficient (Wildman–Crippen LogP) is 10.1. The number of carbonyl (C=O) groups is 10. The summed E-state index contributed by atoms with van der Waals surface area (Å²) in [6, 6.07) is 23.4. The number of aliphatic carboxylic acids is 2. The van der Waals surface area contributed by atoms with Gasteiger partial charge in [-0.15, -0.1) is 0 Å². The smallest absolute Gasteiger partial charge is 0.326 e.